The van der Waals surface area contributed by atoms with Crippen LogP contribution in [-0.4, -0.2) is 72.3 Å². The Bertz CT molecular complexity index is 1150. The molecule has 3 aromatic rings. The van der Waals surface area contributed by atoms with E-state index >= 15 is 0 Å². The summed E-state index contributed by atoms with van der Waals surface area (Å²) >= 11 is 0. The number of amides is 1. The van der Waals surface area contributed by atoms with Gasteiger partial charge in [-0.15, -0.1) is 0 Å². The van der Waals surface area contributed by atoms with Gasteiger partial charge in [0.1, 0.15) is 19.1 Å². The number of hydrogen-bond acceptors (Lipinski definition) is 8. The highest BCUT2D eigenvalue weighted by Gasteiger charge is 2.25. The Labute approximate surface area is 199 Å². The first-order valence-electron chi connectivity index (χ1n) is 10.3. The standard InChI is InChI=1S/C23H24N6O3.H2S/c1-28(2)17-5-3-16(4-6-17)19-13-20-22(26-10-9-25-20)23(27-19)32-15-18-14-29(11-12-31-18)21(30)7-8-24;/h3-6,9-10,13,18H,7,11-12,14-15H2,1-2H3;1H2/t18-;/m0./s1. The van der Waals surface area contributed by atoms with E-state index in [2.05, 4.69) is 9.97 Å². The average molecular weight is 467 g/mol. The number of ether oxygens (including phenoxy) is 2. The maximum atomic E-state index is 12.0. The second-order valence-corrected chi connectivity index (χ2v) is 7.66. The fraction of sp³-hybridized carbons (Fsp3) is 0.348. The molecule has 0 saturated carbocycles. The van der Waals surface area contributed by atoms with Gasteiger partial charge in [0, 0.05) is 44.3 Å². The second-order valence-electron chi connectivity index (χ2n) is 7.66. The lowest BCUT2D eigenvalue weighted by atomic mass is 10.1. The molecular weight excluding hydrogens is 440 g/mol. The zero-order chi connectivity index (χ0) is 22.5. The number of nitrogens with zero attached hydrogens (tertiary/aromatic N) is 6. The van der Waals surface area contributed by atoms with Gasteiger partial charge in [0.2, 0.25) is 11.8 Å². The summed E-state index contributed by atoms with van der Waals surface area (Å²) < 4.78 is 11.8. The fourth-order valence-corrected chi connectivity index (χ4v) is 3.52. The Morgan fingerprint density at radius 3 is 2.76 bits per heavy atom. The molecule has 172 valence electrons. The summed E-state index contributed by atoms with van der Waals surface area (Å²) in [5.74, 6) is 0.171. The van der Waals surface area contributed by atoms with Crippen LogP contribution in [0.2, 0.25) is 0 Å². The number of anilines is 1. The maximum absolute atomic E-state index is 12.0. The lowest BCUT2D eigenvalue weighted by molar-refractivity contribution is -0.138. The van der Waals surface area contributed by atoms with E-state index in [9.17, 15) is 4.79 Å². The first-order valence-corrected chi connectivity index (χ1v) is 10.3. The van der Waals surface area contributed by atoms with E-state index in [4.69, 9.17) is 19.7 Å². The maximum Gasteiger partial charge on any atom is 0.242 e. The van der Waals surface area contributed by atoms with Crippen molar-refractivity contribution in [2.24, 2.45) is 0 Å². The normalized spacial score (nSPS) is 15.4. The minimum absolute atomic E-state index is 0. The molecule has 0 aliphatic carbocycles. The average Bonchev–Trinajstić information content (AvgIpc) is 2.82. The predicted molar refractivity (Wildman–Crippen MR) is 130 cm³/mol. The van der Waals surface area contributed by atoms with Gasteiger partial charge >= 0.3 is 0 Å². The third kappa shape index (κ3) is 5.69. The Balaban J connectivity index is 0.00000306. The summed E-state index contributed by atoms with van der Waals surface area (Å²) in [5, 5.41) is 8.77. The third-order valence-electron chi connectivity index (χ3n) is 5.23. The molecule has 0 spiro atoms. The Kier molecular flexibility index (Phi) is 8.03. The second kappa shape index (κ2) is 10.9. The van der Waals surface area contributed by atoms with E-state index in [1.807, 2.05) is 55.4 Å². The van der Waals surface area contributed by atoms with Gasteiger partial charge < -0.3 is 19.3 Å². The van der Waals surface area contributed by atoms with Crippen LogP contribution >= 0.6 is 13.5 Å². The van der Waals surface area contributed by atoms with Crippen LogP contribution in [0.5, 0.6) is 5.88 Å². The highest BCUT2D eigenvalue weighted by Crippen LogP contribution is 2.28. The van der Waals surface area contributed by atoms with Gasteiger partial charge in [0.15, 0.2) is 5.52 Å². The highest BCUT2D eigenvalue weighted by molar-refractivity contribution is 7.59. The molecule has 1 atom stereocenters. The number of rotatable bonds is 6. The lowest BCUT2D eigenvalue weighted by Crippen LogP contribution is -2.47. The molecule has 1 amide bonds. The van der Waals surface area contributed by atoms with E-state index < -0.39 is 0 Å². The van der Waals surface area contributed by atoms with Crippen LogP contribution < -0.4 is 9.64 Å². The van der Waals surface area contributed by atoms with Gasteiger partial charge in [0.25, 0.3) is 0 Å². The Morgan fingerprint density at radius 1 is 1.27 bits per heavy atom. The van der Waals surface area contributed by atoms with Crippen molar-refractivity contribution in [2.45, 2.75) is 12.5 Å². The summed E-state index contributed by atoms with van der Waals surface area (Å²) in [6.07, 6.45) is 2.78. The van der Waals surface area contributed by atoms with Gasteiger partial charge in [-0.25, -0.2) is 9.97 Å². The molecule has 1 aromatic carbocycles. The minimum atomic E-state index is -0.317. The number of carbonyl (C=O) groups excluding carboxylic acids is 1. The number of benzene rings is 1. The molecule has 0 unspecified atom stereocenters. The number of carbonyl (C=O) groups is 1. The number of fused-ring (bicyclic) bond motifs is 1. The molecule has 1 saturated heterocycles. The first-order chi connectivity index (χ1) is 15.5. The summed E-state index contributed by atoms with van der Waals surface area (Å²) in [6.45, 7) is 1.45. The molecule has 0 bridgehead atoms. The molecule has 10 heteroatoms. The monoisotopic (exact) mass is 466 g/mol. The smallest absolute Gasteiger partial charge is 0.242 e. The van der Waals surface area contributed by atoms with Crippen molar-refractivity contribution in [1.29, 1.82) is 5.26 Å². The van der Waals surface area contributed by atoms with Crippen LogP contribution in [0.15, 0.2) is 42.7 Å². The molecule has 1 fully saturated rings. The summed E-state index contributed by atoms with van der Waals surface area (Å²) in [7, 11) is 3.99. The fourth-order valence-electron chi connectivity index (χ4n) is 3.52. The molecule has 4 rings (SSSR count). The summed E-state index contributed by atoms with van der Waals surface area (Å²) in [4.78, 5) is 29.2. The van der Waals surface area contributed by atoms with E-state index in [1.165, 1.54) is 0 Å². The largest absolute Gasteiger partial charge is 0.473 e. The van der Waals surface area contributed by atoms with Crippen molar-refractivity contribution in [2.75, 3.05) is 45.3 Å². The SMILES string of the molecule is CN(C)c1ccc(-c2cc3nccnc3c(OC[C@@H]3CN(C(=O)CC#N)CCO3)n2)cc1.S. The zero-order valence-electron chi connectivity index (χ0n) is 18.6. The summed E-state index contributed by atoms with van der Waals surface area (Å²) in [5.41, 5.74) is 4.01. The van der Waals surface area contributed by atoms with Crippen molar-refractivity contribution in [1.82, 2.24) is 19.9 Å². The number of nitriles is 1. The number of hydrogen-bond donors (Lipinski definition) is 0. The minimum Gasteiger partial charge on any atom is -0.473 e. The van der Waals surface area contributed by atoms with Crippen molar-refractivity contribution < 1.29 is 14.3 Å². The quantitative estimate of drug-likeness (QED) is 0.545. The Morgan fingerprint density at radius 2 is 2.03 bits per heavy atom. The van der Waals surface area contributed by atoms with Crippen molar-refractivity contribution in [3.05, 3.63) is 42.7 Å². The van der Waals surface area contributed by atoms with Crippen molar-refractivity contribution in [3.63, 3.8) is 0 Å². The van der Waals surface area contributed by atoms with Crippen LogP contribution in [0.3, 0.4) is 0 Å². The van der Waals surface area contributed by atoms with Crippen LogP contribution in [0.4, 0.5) is 5.69 Å². The number of aromatic nitrogens is 3. The first kappa shape index (κ1) is 24.2. The van der Waals surface area contributed by atoms with E-state index in [0.717, 1.165) is 16.9 Å². The topological polar surface area (TPSA) is 104 Å². The third-order valence-corrected chi connectivity index (χ3v) is 5.23. The van der Waals surface area contributed by atoms with E-state index in [1.54, 1.807) is 17.3 Å². The van der Waals surface area contributed by atoms with Crippen molar-refractivity contribution in [3.8, 4) is 23.2 Å². The van der Waals surface area contributed by atoms with Crippen LogP contribution in [0.1, 0.15) is 6.42 Å². The van der Waals surface area contributed by atoms with Crippen molar-refractivity contribution >= 4 is 36.1 Å². The lowest BCUT2D eigenvalue weighted by Gasteiger charge is -2.32. The number of morpholine rings is 1. The van der Waals surface area contributed by atoms with Gasteiger partial charge in [0.05, 0.1) is 30.4 Å². The highest BCUT2D eigenvalue weighted by atomic mass is 32.1. The molecule has 2 aromatic heterocycles. The molecule has 9 nitrogen and oxygen atoms in total. The predicted octanol–water partition coefficient (Wildman–Crippen LogP) is 2.39. The van der Waals surface area contributed by atoms with E-state index in [-0.39, 0.29) is 38.5 Å². The summed E-state index contributed by atoms with van der Waals surface area (Å²) in [6, 6.07) is 11.9. The molecular formula is C23H26N6O3S. The van der Waals surface area contributed by atoms with E-state index in [0.29, 0.717) is 36.6 Å². The van der Waals surface area contributed by atoms with Gasteiger partial charge in [-0.05, 0) is 18.2 Å². The van der Waals surface area contributed by atoms with Gasteiger partial charge in [-0.3, -0.25) is 9.78 Å². The Hall–Kier alpha value is -3.42. The molecule has 3 heterocycles. The van der Waals surface area contributed by atoms with Crippen LogP contribution in [0, 0.1) is 11.3 Å². The van der Waals surface area contributed by atoms with Gasteiger partial charge in [-0.2, -0.15) is 18.8 Å². The zero-order valence-corrected chi connectivity index (χ0v) is 19.6. The molecule has 1 aliphatic rings. The molecule has 0 radical (unpaired) electrons. The molecule has 0 N–H and O–H groups in total. The molecule has 33 heavy (non-hydrogen) atoms. The molecule has 1 aliphatic heterocycles. The van der Waals surface area contributed by atoms with Crippen LogP contribution in [-0.2, 0) is 9.53 Å². The number of pyridine rings is 1. The van der Waals surface area contributed by atoms with Crippen LogP contribution in [0.25, 0.3) is 22.3 Å². The van der Waals surface area contributed by atoms with Gasteiger partial charge in [-0.1, -0.05) is 12.1 Å².